The average molecular weight is 416 g/mol. The fourth-order valence-electron chi connectivity index (χ4n) is 2.46. The Morgan fingerprint density at radius 2 is 1.71 bits per heavy atom. The Bertz CT molecular complexity index is 663. The average Bonchev–Trinajstić information content (AvgIpc) is 2.51. The molecule has 0 saturated carbocycles. The summed E-state index contributed by atoms with van der Waals surface area (Å²) in [4.78, 5) is 0. The van der Waals surface area contributed by atoms with Crippen LogP contribution < -0.4 is 14.8 Å². The maximum atomic E-state index is 6.24. The van der Waals surface area contributed by atoms with Gasteiger partial charge in [0.1, 0.15) is 13.2 Å². The van der Waals surface area contributed by atoms with E-state index in [-0.39, 0.29) is 6.04 Å². The van der Waals surface area contributed by atoms with Gasteiger partial charge >= 0.3 is 0 Å². The molecule has 1 aliphatic rings. The lowest BCUT2D eigenvalue weighted by Gasteiger charge is -2.22. The van der Waals surface area contributed by atoms with Gasteiger partial charge in [0.15, 0.2) is 11.5 Å². The van der Waals surface area contributed by atoms with Crippen molar-refractivity contribution >= 4 is 34.2 Å². The number of halogens is 2. The van der Waals surface area contributed by atoms with Crippen molar-refractivity contribution in [2.75, 3.05) is 20.3 Å². The normalized spacial score (nSPS) is 14.8. The summed E-state index contributed by atoms with van der Waals surface area (Å²) in [5.74, 6) is 1.61. The minimum absolute atomic E-state index is 0.0651. The lowest BCUT2D eigenvalue weighted by molar-refractivity contribution is 0.171. The highest BCUT2D eigenvalue weighted by atomic mass is 127. The van der Waals surface area contributed by atoms with Crippen LogP contribution in [0.25, 0.3) is 0 Å². The van der Waals surface area contributed by atoms with Crippen molar-refractivity contribution in [1.29, 1.82) is 0 Å². The maximum Gasteiger partial charge on any atom is 0.161 e. The highest BCUT2D eigenvalue weighted by Gasteiger charge is 2.18. The molecule has 5 heteroatoms. The molecule has 1 atom stereocenters. The smallest absolute Gasteiger partial charge is 0.161 e. The number of benzene rings is 2. The van der Waals surface area contributed by atoms with E-state index in [4.69, 9.17) is 21.1 Å². The standard InChI is InChI=1S/C16H15ClINO2/c1-19-16(10-2-4-13(18)12(17)8-10)11-3-5-14-15(9-11)21-7-6-20-14/h2-5,8-9,16,19H,6-7H2,1H3. The summed E-state index contributed by atoms with van der Waals surface area (Å²) in [6.45, 7) is 1.20. The molecule has 0 amide bonds. The second-order valence-electron chi connectivity index (χ2n) is 4.80. The molecule has 0 spiro atoms. The quantitative estimate of drug-likeness (QED) is 0.768. The Kier molecular flexibility index (Phi) is 4.57. The van der Waals surface area contributed by atoms with Crippen molar-refractivity contribution < 1.29 is 9.47 Å². The van der Waals surface area contributed by atoms with Gasteiger partial charge in [0.2, 0.25) is 0 Å². The predicted molar refractivity (Wildman–Crippen MR) is 92.5 cm³/mol. The molecule has 1 aliphatic heterocycles. The van der Waals surface area contributed by atoms with Crippen molar-refractivity contribution in [1.82, 2.24) is 5.32 Å². The van der Waals surface area contributed by atoms with Crippen molar-refractivity contribution in [3.8, 4) is 11.5 Å². The van der Waals surface area contributed by atoms with Gasteiger partial charge in [-0.05, 0) is 65.0 Å². The molecule has 1 unspecified atom stereocenters. The van der Waals surface area contributed by atoms with E-state index in [1.807, 2.05) is 31.3 Å². The molecule has 2 aromatic carbocycles. The molecule has 2 aromatic rings. The van der Waals surface area contributed by atoms with Crippen molar-refractivity contribution in [2.24, 2.45) is 0 Å². The largest absolute Gasteiger partial charge is 0.486 e. The van der Waals surface area contributed by atoms with E-state index < -0.39 is 0 Å². The van der Waals surface area contributed by atoms with Gasteiger partial charge in [-0.15, -0.1) is 0 Å². The molecule has 1 N–H and O–H groups in total. The summed E-state index contributed by atoms with van der Waals surface area (Å²) >= 11 is 8.47. The zero-order valence-corrected chi connectivity index (χ0v) is 14.4. The zero-order chi connectivity index (χ0) is 14.8. The number of nitrogens with one attached hydrogen (secondary N) is 1. The van der Waals surface area contributed by atoms with Crippen LogP contribution in [0.3, 0.4) is 0 Å². The van der Waals surface area contributed by atoms with E-state index in [0.717, 1.165) is 31.2 Å². The second kappa shape index (κ2) is 6.42. The van der Waals surface area contributed by atoms with Crippen LogP contribution >= 0.6 is 34.2 Å². The number of hydrogen-bond donors (Lipinski definition) is 1. The van der Waals surface area contributed by atoms with Crippen LogP contribution in [0, 0.1) is 3.57 Å². The molecule has 3 rings (SSSR count). The Morgan fingerprint density at radius 3 is 2.43 bits per heavy atom. The minimum Gasteiger partial charge on any atom is -0.486 e. The fraction of sp³-hybridized carbons (Fsp3) is 0.250. The molecule has 0 aliphatic carbocycles. The van der Waals surface area contributed by atoms with Crippen LogP contribution in [0.4, 0.5) is 0 Å². The van der Waals surface area contributed by atoms with Crippen LogP contribution in [-0.4, -0.2) is 20.3 Å². The lowest BCUT2D eigenvalue weighted by Crippen LogP contribution is -2.19. The van der Waals surface area contributed by atoms with E-state index in [1.54, 1.807) is 0 Å². The molecular formula is C16H15ClINO2. The molecule has 0 bridgehead atoms. The monoisotopic (exact) mass is 415 g/mol. The number of fused-ring (bicyclic) bond motifs is 1. The third-order valence-corrected chi connectivity index (χ3v) is 5.04. The molecule has 0 radical (unpaired) electrons. The maximum absolute atomic E-state index is 6.24. The molecule has 110 valence electrons. The van der Waals surface area contributed by atoms with Crippen LogP contribution in [-0.2, 0) is 0 Å². The predicted octanol–water partition coefficient (Wildman–Crippen LogP) is 4.02. The third-order valence-electron chi connectivity index (χ3n) is 3.47. The van der Waals surface area contributed by atoms with Gasteiger partial charge in [-0.25, -0.2) is 0 Å². The Labute approximate surface area is 142 Å². The molecule has 0 fully saturated rings. The molecule has 21 heavy (non-hydrogen) atoms. The second-order valence-corrected chi connectivity index (χ2v) is 6.37. The Morgan fingerprint density at radius 1 is 1.05 bits per heavy atom. The van der Waals surface area contributed by atoms with Crippen molar-refractivity contribution in [2.45, 2.75) is 6.04 Å². The summed E-state index contributed by atoms with van der Waals surface area (Å²) in [5, 5.41) is 4.10. The van der Waals surface area contributed by atoms with Crippen molar-refractivity contribution in [3.63, 3.8) is 0 Å². The summed E-state index contributed by atoms with van der Waals surface area (Å²) in [6, 6.07) is 12.2. The van der Waals surface area contributed by atoms with E-state index in [2.05, 4.69) is 40.0 Å². The first-order valence-electron chi connectivity index (χ1n) is 6.71. The van der Waals surface area contributed by atoms with Gasteiger partial charge in [-0.1, -0.05) is 23.7 Å². The van der Waals surface area contributed by atoms with Gasteiger partial charge in [0.25, 0.3) is 0 Å². The van der Waals surface area contributed by atoms with E-state index in [1.165, 1.54) is 0 Å². The molecule has 3 nitrogen and oxygen atoms in total. The topological polar surface area (TPSA) is 30.5 Å². The molecule has 0 saturated heterocycles. The molecule has 1 heterocycles. The summed E-state index contributed by atoms with van der Waals surface area (Å²) < 4.78 is 12.3. The lowest BCUT2D eigenvalue weighted by atomic mass is 9.98. The SMILES string of the molecule is CNC(c1ccc(I)c(Cl)c1)c1ccc2c(c1)OCCO2. The van der Waals surface area contributed by atoms with Crippen LogP contribution in [0.1, 0.15) is 17.2 Å². The minimum atomic E-state index is 0.0651. The van der Waals surface area contributed by atoms with Gasteiger partial charge in [0, 0.05) is 3.57 Å². The van der Waals surface area contributed by atoms with E-state index >= 15 is 0 Å². The van der Waals surface area contributed by atoms with Crippen LogP contribution in [0.15, 0.2) is 36.4 Å². The Balaban J connectivity index is 1.97. The van der Waals surface area contributed by atoms with E-state index in [0.29, 0.717) is 13.2 Å². The van der Waals surface area contributed by atoms with Gasteiger partial charge in [-0.3, -0.25) is 0 Å². The highest BCUT2D eigenvalue weighted by Crippen LogP contribution is 2.35. The Hall–Kier alpha value is -0.980. The molecular weight excluding hydrogens is 401 g/mol. The fourth-order valence-corrected chi connectivity index (χ4v) is 2.98. The van der Waals surface area contributed by atoms with E-state index in [9.17, 15) is 0 Å². The first kappa shape index (κ1) is 14.9. The van der Waals surface area contributed by atoms with Gasteiger partial charge < -0.3 is 14.8 Å². The number of hydrogen-bond acceptors (Lipinski definition) is 3. The molecule has 0 aromatic heterocycles. The highest BCUT2D eigenvalue weighted by molar-refractivity contribution is 14.1. The van der Waals surface area contributed by atoms with Gasteiger partial charge in [-0.2, -0.15) is 0 Å². The third kappa shape index (κ3) is 3.12. The number of rotatable bonds is 3. The summed E-state index contributed by atoms with van der Waals surface area (Å²) in [7, 11) is 1.94. The van der Waals surface area contributed by atoms with Crippen LogP contribution in [0.5, 0.6) is 11.5 Å². The first-order valence-corrected chi connectivity index (χ1v) is 8.16. The summed E-state index contributed by atoms with van der Waals surface area (Å²) in [6.07, 6.45) is 0. The van der Waals surface area contributed by atoms with Crippen molar-refractivity contribution in [3.05, 3.63) is 56.1 Å². The van der Waals surface area contributed by atoms with Gasteiger partial charge in [0.05, 0.1) is 11.1 Å². The number of ether oxygens (including phenoxy) is 2. The summed E-state index contributed by atoms with van der Waals surface area (Å²) in [5.41, 5.74) is 2.25. The first-order chi connectivity index (χ1) is 10.2. The zero-order valence-electron chi connectivity index (χ0n) is 11.5. The van der Waals surface area contributed by atoms with Crippen LogP contribution in [0.2, 0.25) is 5.02 Å².